The highest BCUT2D eigenvalue weighted by Gasteiger charge is 2.31. The number of rotatable bonds is 9. The molecule has 2 saturated carbocycles. The summed E-state index contributed by atoms with van der Waals surface area (Å²) in [6.45, 7) is 1.29. The number of thiophene rings is 2. The van der Waals surface area contributed by atoms with Crippen LogP contribution in [0, 0.1) is 5.92 Å². The van der Waals surface area contributed by atoms with Crippen molar-refractivity contribution in [1.29, 1.82) is 0 Å². The molecule has 0 radical (unpaired) electrons. The number of hydrogen-bond donors (Lipinski definition) is 2. The summed E-state index contributed by atoms with van der Waals surface area (Å²) in [4.78, 5) is 30.5. The van der Waals surface area contributed by atoms with Crippen molar-refractivity contribution in [2.24, 2.45) is 5.92 Å². The summed E-state index contributed by atoms with van der Waals surface area (Å²) in [6.07, 6.45) is 18.4. The summed E-state index contributed by atoms with van der Waals surface area (Å²) >= 11 is 3.64. The molecule has 0 aliphatic heterocycles. The van der Waals surface area contributed by atoms with E-state index in [1.54, 1.807) is 23.7 Å². The Morgan fingerprint density at radius 3 is 2.24 bits per heavy atom. The van der Waals surface area contributed by atoms with E-state index in [-0.39, 0.29) is 6.61 Å². The zero-order valence-electron chi connectivity index (χ0n) is 26.4. The molecule has 0 unspecified atom stereocenters. The molecule has 0 saturated heterocycles. The molecule has 9 nitrogen and oxygen atoms in total. The van der Waals surface area contributed by atoms with Crippen molar-refractivity contribution >= 4 is 54.7 Å². The summed E-state index contributed by atoms with van der Waals surface area (Å²) in [5, 5.41) is 15.4. The van der Waals surface area contributed by atoms with E-state index < -0.39 is 0 Å². The van der Waals surface area contributed by atoms with Crippen molar-refractivity contribution < 1.29 is 9.84 Å². The molecular formula is C35H41N7O2S2. The van der Waals surface area contributed by atoms with Gasteiger partial charge in [-0.25, -0.2) is 19.9 Å². The minimum absolute atomic E-state index is 0.0867. The van der Waals surface area contributed by atoms with Crippen LogP contribution in [0.25, 0.3) is 20.4 Å². The zero-order chi connectivity index (χ0) is 31.0. The molecular weight excluding hydrogens is 615 g/mol. The van der Waals surface area contributed by atoms with Crippen LogP contribution in [0.2, 0.25) is 0 Å². The average Bonchev–Trinajstić information content (AvgIpc) is 4.04. The number of nitrogens with zero attached hydrogens (tertiary/aromatic N) is 6. The minimum atomic E-state index is -0.0867. The number of ether oxygens (including phenoxy) is 1. The van der Waals surface area contributed by atoms with E-state index in [9.17, 15) is 5.11 Å². The van der Waals surface area contributed by atoms with Gasteiger partial charge < -0.3 is 20.1 Å². The topological polar surface area (TPSA) is 109 Å². The number of pyridine rings is 1. The van der Waals surface area contributed by atoms with Crippen LogP contribution in [0.1, 0.15) is 83.9 Å². The fraction of sp³-hybridized carbons (Fsp3) is 0.514. The predicted molar refractivity (Wildman–Crippen MR) is 185 cm³/mol. The Morgan fingerprint density at radius 2 is 1.57 bits per heavy atom. The van der Waals surface area contributed by atoms with Crippen LogP contribution in [0.4, 0.5) is 11.6 Å². The van der Waals surface area contributed by atoms with Gasteiger partial charge in [-0.2, -0.15) is 0 Å². The Labute approximate surface area is 277 Å². The lowest BCUT2D eigenvalue weighted by Gasteiger charge is -2.20. The minimum Gasteiger partial charge on any atom is -0.484 e. The average molecular weight is 656 g/mol. The van der Waals surface area contributed by atoms with Crippen molar-refractivity contribution in [1.82, 2.24) is 24.9 Å². The number of aromatic nitrogens is 5. The maximum atomic E-state index is 9.37. The van der Waals surface area contributed by atoms with E-state index in [0.717, 1.165) is 58.2 Å². The molecule has 0 spiro atoms. The lowest BCUT2D eigenvalue weighted by Crippen LogP contribution is -2.22. The molecule has 2 fully saturated rings. The van der Waals surface area contributed by atoms with E-state index >= 15 is 0 Å². The zero-order valence-corrected chi connectivity index (χ0v) is 28.1. The van der Waals surface area contributed by atoms with Gasteiger partial charge in [-0.05, 0) is 106 Å². The first-order valence-corrected chi connectivity index (χ1v) is 18.5. The van der Waals surface area contributed by atoms with Gasteiger partial charge in [0.1, 0.15) is 40.3 Å². The monoisotopic (exact) mass is 655 g/mol. The lowest BCUT2D eigenvalue weighted by atomic mass is 9.97. The van der Waals surface area contributed by atoms with E-state index in [1.807, 2.05) is 23.5 Å². The molecule has 4 aliphatic carbocycles. The molecule has 5 heterocycles. The maximum absolute atomic E-state index is 9.37. The number of anilines is 2. The maximum Gasteiger partial charge on any atom is 0.169 e. The van der Waals surface area contributed by atoms with Crippen LogP contribution >= 0.6 is 22.7 Å². The Hall–Kier alpha value is -3.41. The molecule has 0 bridgehead atoms. The van der Waals surface area contributed by atoms with Gasteiger partial charge in [-0.15, -0.1) is 22.7 Å². The van der Waals surface area contributed by atoms with E-state index in [4.69, 9.17) is 14.7 Å². The number of nitrogens with one attached hydrogen (secondary N) is 1. The predicted octanol–water partition coefficient (Wildman–Crippen LogP) is 7.03. The molecule has 9 rings (SSSR count). The van der Waals surface area contributed by atoms with Crippen molar-refractivity contribution in [3.8, 4) is 5.75 Å². The summed E-state index contributed by atoms with van der Waals surface area (Å²) < 4.78 is 5.85. The van der Waals surface area contributed by atoms with Gasteiger partial charge in [0.25, 0.3) is 0 Å². The molecule has 0 amide bonds. The van der Waals surface area contributed by atoms with Crippen LogP contribution in [-0.4, -0.2) is 49.7 Å². The van der Waals surface area contributed by atoms with E-state index in [0.29, 0.717) is 18.5 Å². The van der Waals surface area contributed by atoms with Crippen LogP contribution < -0.4 is 15.0 Å². The Morgan fingerprint density at radius 1 is 0.870 bits per heavy atom. The van der Waals surface area contributed by atoms with Gasteiger partial charge in [0, 0.05) is 35.6 Å². The van der Waals surface area contributed by atoms with Crippen LogP contribution in [-0.2, 0) is 38.9 Å². The molecule has 4 aliphatic rings. The molecule has 5 aromatic heterocycles. The fourth-order valence-corrected chi connectivity index (χ4v) is 9.23. The normalized spacial score (nSPS) is 17.3. The molecule has 2 N–H and O–H groups in total. The SMILES string of the molecule is CN(c1nc(COc2cccnc2)nc2sc3c(c12)CCCC3)C1CC1.OCc1nc(NCC2CC2)c2c3c(sc2n1)CCCC3. The van der Waals surface area contributed by atoms with Crippen molar-refractivity contribution in [2.75, 3.05) is 23.8 Å². The van der Waals surface area contributed by atoms with Crippen LogP contribution in [0.5, 0.6) is 5.75 Å². The lowest BCUT2D eigenvalue weighted by molar-refractivity contribution is 0.272. The molecule has 46 heavy (non-hydrogen) atoms. The van der Waals surface area contributed by atoms with Gasteiger partial charge in [0.05, 0.1) is 17.0 Å². The number of aryl methyl sites for hydroxylation is 4. The highest BCUT2D eigenvalue weighted by Crippen LogP contribution is 2.42. The first kappa shape index (κ1) is 30.0. The standard InChI is InChI=1S/C20H22N4OS.C15H19N3OS/c1-24(13-8-9-13)19-18-15-6-2-3-7-16(15)26-20(18)23-17(22-19)12-25-14-5-4-10-21-11-14;19-8-12-17-14(16-7-9-5-6-9)13-10-3-1-2-4-11(10)20-15(13)18-12/h4-5,10-11,13H,2-3,6-9,12H2,1H3;9,19H,1-8H2,(H,16,17,18). The third-order valence-corrected chi connectivity index (χ3v) is 11.9. The first-order valence-electron chi connectivity index (χ1n) is 16.9. The third-order valence-electron chi connectivity index (χ3n) is 9.53. The summed E-state index contributed by atoms with van der Waals surface area (Å²) in [5.41, 5.74) is 2.96. The largest absolute Gasteiger partial charge is 0.484 e. The van der Waals surface area contributed by atoms with Gasteiger partial charge in [0.2, 0.25) is 0 Å². The second kappa shape index (κ2) is 13.0. The molecule has 0 atom stereocenters. The van der Waals surface area contributed by atoms with Crippen molar-refractivity contribution in [3.63, 3.8) is 0 Å². The molecule has 0 aromatic carbocycles. The van der Waals surface area contributed by atoms with E-state index in [1.165, 1.54) is 95.9 Å². The highest BCUT2D eigenvalue weighted by atomic mass is 32.1. The van der Waals surface area contributed by atoms with Crippen molar-refractivity contribution in [3.05, 3.63) is 57.1 Å². The molecule has 240 valence electrons. The van der Waals surface area contributed by atoms with Crippen LogP contribution in [0.3, 0.4) is 0 Å². The first-order chi connectivity index (χ1) is 22.6. The fourth-order valence-electron chi connectivity index (χ4n) is 6.68. The number of fused-ring (bicyclic) bond motifs is 6. The number of aliphatic hydroxyl groups excluding tert-OH is 1. The van der Waals surface area contributed by atoms with Gasteiger partial charge in [0.15, 0.2) is 11.6 Å². The summed E-state index contributed by atoms with van der Waals surface area (Å²) in [6, 6.07) is 4.41. The molecule has 5 aromatic rings. The van der Waals surface area contributed by atoms with Crippen molar-refractivity contribution in [2.45, 2.75) is 96.3 Å². The van der Waals surface area contributed by atoms with Crippen LogP contribution in [0.15, 0.2) is 24.5 Å². The number of aliphatic hydroxyl groups is 1. The Bertz CT molecular complexity index is 1850. The third kappa shape index (κ3) is 6.29. The van der Waals surface area contributed by atoms with E-state index in [2.05, 4.69) is 32.2 Å². The number of hydrogen-bond acceptors (Lipinski definition) is 11. The highest BCUT2D eigenvalue weighted by molar-refractivity contribution is 7.19. The summed E-state index contributed by atoms with van der Waals surface area (Å²) in [5.74, 6) is 4.90. The second-order valence-electron chi connectivity index (χ2n) is 13.0. The Balaban J connectivity index is 0.000000140. The van der Waals surface area contributed by atoms with Gasteiger partial charge in [-0.1, -0.05) is 0 Å². The smallest absolute Gasteiger partial charge is 0.169 e. The summed E-state index contributed by atoms with van der Waals surface area (Å²) in [7, 11) is 2.18. The Kier molecular flexibility index (Phi) is 8.47. The molecule has 11 heteroatoms. The van der Waals surface area contributed by atoms with Gasteiger partial charge in [-0.3, -0.25) is 4.98 Å². The quantitative estimate of drug-likeness (QED) is 0.173. The van der Waals surface area contributed by atoms with Gasteiger partial charge >= 0.3 is 0 Å². The second-order valence-corrected chi connectivity index (χ2v) is 15.2.